The van der Waals surface area contributed by atoms with E-state index >= 15 is 0 Å². The SMILES string of the molecule is CCNC(=NCc1ncc(C(C)(C)C)o1)NC1CCN(CC(C)C)CC1.I. The van der Waals surface area contributed by atoms with E-state index < -0.39 is 0 Å². The molecule has 6 nitrogen and oxygen atoms in total. The van der Waals surface area contributed by atoms with Crippen LogP contribution in [0.25, 0.3) is 0 Å². The maximum Gasteiger partial charge on any atom is 0.216 e. The summed E-state index contributed by atoms with van der Waals surface area (Å²) in [5.41, 5.74) is -0.0261. The molecule has 2 rings (SSSR count). The Balaban J connectivity index is 0.00000364. The fraction of sp³-hybridized carbons (Fsp3) is 0.800. The molecule has 0 amide bonds. The first-order chi connectivity index (χ1) is 12.3. The summed E-state index contributed by atoms with van der Waals surface area (Å²) in [7, 11) is 0. The van der Waals surface area contributed by atoms with Gasteiger partial charge in [0, 0.05) is 37.6 Å². The molecule has 0 atom stereocenters. The minimum absolute atomic E-state index is 0. The Hall–Kier alpha value is -0.830. The Bertz CT molecular complexity index is 571. The van der Waals surface area contributed by atoms with E-state index in [0.717, 1.165) is 50.1 Å². The van der Waals surface area contributed by atoms with Gasteiger partial charge in [0.2, 0.25) is 5.89 Å². The molecule has 1 aromatic heterocycles. The molecule has 0 aliphatic carbocycles. The molecule has 1 aliphatic rings. The van der Waals surface area contributed by atoms with Crippen molar-refractivity contribution in [1.82, 2.24) is 20.5 Å². The standard InChI is InChI=1S/C20H37N5O.HI/c1-7-21-19(23-13-18-22-12-17(26-18)20(4,5)6)24-16-8-10-25(11-9-16)14-15(2)3;/h12,15-16H,7-11,13-14H2,1-6H3,(H2,21,23,24);1H. The lowest BCUT2D eigenvalue weighted by Gasteiger charge is -2.33. The number of piperidine rings is 1. The van der Waals surface area contributed by atoms with Gasteiger partial charge in [0.1, 0.15) is 12.3 Å². The van der Waals surface area contributed by atoms with E-state index in [9.17, 15) is 0 Å². The van der Waals surface area contributed by atoms with Gasteiger partial charge in [-0.1, -0.05) is 34.6 Å². The fourth-order valence-corrected chi connectivity index (χ4v) is 3.17. The summed E-state index contributed by atoms with van der Waals surface area (Å²) >= 11 is 0. The molecule has 7 heteroatoms. The van der Waals surface area contributed by atoms with Gasteiger partial charge in [-0.15, -0.1) is 24.0 Å². The lowest BCUT2D eigenvalue weighted by atomic mass is 9.94. The number of hydrogen-bond acceptors (Lipinski definition) is 4. The van der Waals surface area contributed by atoms with Crippen LogP contribution in [0.15, 0.2) is 15.6 Å². The predicted octanol–water partition coefficient (Wildman–Crippen LogP) is 3.77. The van der Waals surface area contributed by atoms with E-state index in [-0.39, 0.29) is 29.4 Å². The van der Waals surface area contributed by atoms with E-state index in [1.807, 2.05) is 6.20 Å². The van der Waals surface area contributed by atoms with Crippen LogP contribution in [0, 0.1) is 5.92 Å². The van der Waals surface area contributed by atoms with Gasteiger partial charge in [0.05, 0.1) is 6.20 Å². The normalized spacial score (nSPS) is 17.1. The van der Waals surface area contributed by atoms with E-state index in [1.165, 1.54) is 6.54 Å². The summed E-state index contributed by atoms with van der Waals surface area (Å²) in [4.78, 5) is 11.6. The summed E-state index contributed by atoms with van der Waals surface area (Å²) in [6.45, 7) is 17.8. The highest BCUT2D eigenvalue weighted by Gasteiger charge is 2.21. The minimum atomic E-state index is -0.0261. The monoisotopic (exact) mass is 491 g/mol. The Kier molecular flexibility index (Phi) is 10.1. The quantitative estimate of drug-likeness (QED) is 0.361. The zero-order valence-corrected chi connectivity index (χ0v) is 20.2. The molecule has 0 bridgehead atoms. The highest BCUT2D eigenvalue weighted by atomic mass is 127. The molecule has 1 aliphatic heterocycles. The van der Waals surface area contributed by atoms with Gasteiger partial charge in [-0.25, -0.2) is 9.98 Å². The summed E-state index contributed by atoms with van der Waals surface area (Å²) in [5, 5.41) is 6.92. The smallest absolute Gasteiger partial charge is 0.216 e. The lowest BCUT2D eigenvalue weighted by molar-refractivity contribution is 0.187. The molecule has 1 fully saturated rings. The van der Waals surface area contributed by atoms with Crippen LogP contribution in [0.2, 0.25) is 0 Å². The van der Waals surface area contributed by atoms with Gasteiger partial charge < -0.3 is 20.0 Å². The topological polar surface area (TPSA) is 65.7 Å². The predicted molar refractivity (Wildman–Crippen MR) is 123 cm³/mol. The van der Waals surface area contributed by atoms with E-state index in [4.69, 9.17) is 4.42 Å². The summed E-state index contributed by atoms with van der Waals surface area (Å²) in [5.74, 6) is 3.15. The van der Waals surface area contributed by atoms with Crippen LogP contribution in [-0.4, -0.2) is 48.1 Å². The average Bonchev–Trinajstić information content (AvgIpc) is 3.03. The first-order valence-electron chi connectivity index (χ1n) is 10.00. The Morgan fingerprint density at radius 2 is 2.00 bits per heavy atom. The van der Waals surface area contributed by atoms with Crippen molar-refractivity contribution in [1.29, 1.82) is 0 Å². The summed E-state index contributed by atoms with van der Waals surface area (Å²) < 4.78 is 5.84. The number of oxazole rings is 1. The van der Waals surface area contributed by atoms with Crippen LogP contribution in [0.3, 0.4) is 0 Å². The van der Waals surface area contributed by atoms with Gasteiger partial charge in [0.15, 0.2) is 5.96 Å². The van der Waals surface area contributed by atoms with Gasteiger partial charge >= 0.3 is 0 Å². The first kappa shape index (κ1) is 24.2. The van der Waals surface area contributed by atoms with Crippen molar-refractivity contribution in [3.63, 3.8) is 0 Å². The third-order valence-corrected chi connectivity index (χ3v) is 4.56. The largest absolute Gasteiger partial charge is 0.443 e. The number of nitrogens with zero attached hydrogens (tertiary/aromatic N) is 3. The zero-order chi connectivity index (χ0) is 19.2. The molecule has 0 saturated carbocycles. The van der Waals surface area contributed by atoms with Gasteiger partial charge in [-0.05, 0) is 25.7 Å². The number of rotatable bonds is 6. The van der Waals surface area contributed by atoms with Crippen LogP contribution in [0.5, 0.6) is 0 Å². The highest BCUT2D eigenvalue weighted by molar-refractivity contribution is 14.0. The highest BCUT2D eigenvalue weighted by Crippen LogP contribution is 2.22. The second-order valence-electron chi connectivity index (χ2n) is 8.68. The van der Waals surface area contributed by atoms with Gasteiger partial charge in [-0.2, -0.15) is 0 Å². The van der Waals surface area contributed by atoms with Crippen molar-refractivity contribution in [2.45, 2.75) is 72.4 Å². The third kappa shape index (κ3) is 8.37. The molecule has 0 aromatic carbocycles. The molecule has 0 radical (unpaired) electrons. The molecule has 27 heavy (non-hydrogen) atoms. The lowest BCUT2D eigenvalue weighted by Crippen LogP contribution is -2.49. The van der Waals surface area contributed by atoms with Crippen LogP contribution in [-0.2, 0) is 12.0 Å². The Morgan fingerprint density at radius 3 is 2.52 bits per heavy atom. The van der Waals surface area contributed by atoms with Gasteiger partial charge in [-0.3, -0.25) is 0 Å². The number of aliphatic imine (C=N–C) groups is 1. The van der Waals surface area contributed by atoms with Crippen molar-refractivity contribution >= 4 is 29.9 Å². The van der Waals surface area contributed by atoms with Crippen molar-refractivity contribution < 1.29 is 4.42 Å². The number of halogens is 1. The van der Waals surface area contributed by atoms with Gasteiger partial charge in [0.25, 0.3) is 0 Å². The van der Waals surface area contributed by atoms with E-state index in [1.54, 1.807) is 0 Å². The van der Waals surface area contributed by atoms with Crippen molar-refractivity contribution in [2.75, 3.05) is 26.2 Å². The molecular weight excluding hydrogens is 453 g/mol. The number of aromatic nitrogens is 1. The molecule has 2 N–H and O–H groups in total. The number of likely N-dealkylation sites (tertiary alicyclic amines) is 1. The Morgan fingerprint density at radius 1 is 1.33 bits per heavy atom. The number of guanidine groups is 1. The van der Waals surface area contributed by atoms with Crippen molar-refractivity contribution in [2.24, 2.45) is 10.9 Å². The number of hydrogen-bond donors (Lipinski definition) is 2. The molecule has 0 unspecified atom stereocenters. The molecule has 0 spiro atoms. The van der Waals surface area contributed by atoms with Crippen LogP contribution in [0.4, 0.5) is 0 Å². The molecule has 1 saturated heterocycles. The van der Waals surface area contributed by atoms with Crippen molar-refractivity contribution in [3.8, 4) is 0 Å². The maximum absolute atomic E-state index is 5.84. The first-order valence-corrected chi connectivity index (χ1v) is 10.00. The van der Waals surface area contributed by atoms with Crippen LogP contribution in [0.1, 0.15) is 66.0 Å². The fourth-order valence-electron chi connectivity index (χ4n) is 3.17. The molecule has 2 heterocycles. The second kappa shape index (κ2) is 11.2. The Labute approximate surface area is 182 Å². The summed E-state index contributed by atoms with van der Waals surface area (Å²) in [6, 6.07) is 0.478. The number of nitrogens with one attached hydrogen (secondary N) is 2. The average molecular weight is 491 g/mol. The molecular formula is C20H38IN5O. The maximum atomic E-state index is 5.84. The molecule has 156 valence electrons. The summed E-state index contributed by atoms with van der Waals surface area (Å²) in [6.07, 6.45) is 4.13. The molecule has 1 aromatic rings. The second-order valence-corrected chi connectivity index (χ2v) is 8.68. The van der Waals surface area contributed by atoms with Crippen LogP contribution >= 0.6 is 24.0 Å². The zero-order valence-electron chi connectivity index (χ0n) is 17.8. The third-order valence-electron chi connectivity index (χ3n) is 4.56. The van der Waals surface area contributed by atoms with Crippen molar-refractivity contribution in [3.05, 3.63) is 17.8 Å². The van der Waals surface area contributed by atoms with E-state index in [0.29, 0.717) is 18.5 Å². The van der Waals surface area contributed by atoms with E-state index in [2.05, 4.69) is 67.1 Å². The minimum Gasteiger partial charge on any atom is -0.443 e. The van der Waals surface area contributed by atoms with Crippen LogP contribution < -0.4 is 10.6 Å².